The summed E-state index contributed by atoms with van der Waals surface area (Å²) in [6, 6.07) is 3.25. The second-order valence-electron chi connectivity index (χ2n) is 1.79. The van der Waals surface area contributed by atoms with Gasteiger partial charge in [-0.05, 0) is 6.07 Å². The third-order valence-electron chi connectivity index (χ3n) is 1.000. The fraction of sp³-hybridized carbons (Fsp3) is 0.143. The Morgan fingerprint density at radius 3 is 3.00 bits per heavy atom. The molecule has 4 heteroatoms. The zero-order valence-corrected chi connectivity index (χ0v) is 6.41. The van der Waals surface area contributed by atoms with E-state index < -0.39 is 0 Å². The van der Waals surface area contributed by atoms with Crippen LogP contribution in [0.5, 0.6) is 5.88 Å². The van der Waals surface area contributed by atoms with Crippen LogP contribution in [0.2, 0.25) is 5.02 Å². The summed E-state index contributed by atoms with van der Waals surface area (Å²) in [7, 11) is 0. The van der Waals surface area contributed by atoms with Crippen molar-refractivity contribution in [3.63, 3.8) is 0 Å². The summed E-state index contributed by atoms with van der Waals surface area (Å²) in [4.78, 5) is 13.7. The maximum Gasteiger partial charge on any atom is 0.213 e. The number of halogens is 1. The molecule has 0 radical (unpaired) electrons. The highest BCUT2D eigenvalue weighted by Crippen LogP contribution is 2.10. The van der Waals surface area contributed by atoms with Crippen LogP contribution in [0.25, 0.3) is 0 Å². The molecule has 11 heavy (non-hydrogen) atoms. The van der Waals surface area contributed by atoms with Crippen molar-refractivity contribution in [1.82, 2.24) is 4.98 Å². The number of carbonyl (C=O) groups excluding carboxylic acids is 1. The molecule has 0 atom stereocenters. The first-order chi connectivity index (χ1) is 5.33. The molecular formula is C7H6ClNO2. The minimum atomic E-state index is 0.0225. The molecule has 1 heterocycles. The van der Waals surface area contributed by atoms with Crippen molar-refractivity contribution < 1.29 is 9.53 Å². The van der Waals surface area contributed by atoms with Gasteiger partial charge in [-0.1, -0.05) is 11.6 Å². The Labute approximate surface area is 69.0 Å². The van der Waals surface area contributed by atoms with E-state index in [1.54, 1.807) is 12.1 Å². The molecule has 0 N–H and O–H groups in total. The lowest BCUT2D eigenvalue weighted by Gasteiger charge is -1.98. The van der Waals surface area contributed by atoms with E-state index in [0.29, 0.717) is 17.2 Å². The van der Waals surface area contributed by atoms with Crippen LogP contribution >= 0.6 is 11.6 Å². The van der Waals surface area contributed by atoms with Gasteiger partial charge in [0, 0.05) is 12.3 Å². The average molecular weight is 172 g/mol. The van der Waals surface area contributed by atoms with Gasteiger partial charge in [0.15, 0.2) is 6.29 Å². The summed E-state index contributed by atoms with van der Waals surface area (Å²) >= 11 is 5.56. The molecule has 0 bridgehead atoms. The van der Waals surface area contributed by atoms with Crippen LogP contribution in [0, 0.1) is 0 Å². The van der Waals surface area contributed by atoms with Crippen LogP contribution in [0.15, 0.2) is 18.3 Å². The molecule has 58 valence electrons. The van der Waals surface area contributed by atoms with E-state index in [2.05, 4.69) is 4.98 Å². The first kappa shape index (κ1) is 8.01. The number of aldehydes is 1. The van der Waals surface area contributed by atoms with Crippen molar-refractivity contribution in [1.29, 1.82) is 0 Å². The standard InChI is InChI=1S/C7H6ClNO2/c8-6-1-2-7(9-5-6)11-4-3-10/h1-3,5H,4H2. The molecule has 1 aromatic rings. The molecule has 0 amide bonds. The van der Waals surface area contributed by atoms with Crippen LogP contribution < -0.4 is 4.74 Å². The molecule has 0 aromatic carbocycles. The highest BCUT2D eigenvalue weighted by atomic mass is 35.5. The Balaban J connectivity index is 2.58. The molecule has 3 nitrogen and oxygen atoms in total. The molecule has 1 rings (SSSR count). The van der Waals surface area contributed by atoms with Gasteiger partial charge in [0.2, 0.25) is 5.88 Å². The van der Waals surface area contributed by atoms with Gasteiger partial charge in [-0.2, -0.15) is 0 Å². The molecule has 0 spiro atoms. The summed E-state index contributed by atoms with van der Waals surface area (Å²) in [5.74, 6) is 0.404. The van der Waals surface area contributed by atoms with Crippen LogP contribution in [0.4, 0.5) is 0 Å². The topological polar surface area (TPSA) is 39.2 Å². The van der Waals surface area contributed by atoms with E-state index in [4.69, 9.17) is 16.3 Å². The molecular weight excluding hydrogens is 166 g/mol. The molecule has 0 saturated heterocycles. The molecule has 0 fully saturated rings. The summed E-state index contributed by atoms with van der Waals surface area (Å²) in [6.45, 7) is 0.0225. The van der Waals surface area contributed by atoms with Gasteiger partial charge < -0.3 is 4.74 Å². The predicted octanol–water partition coefficient (Wildman–Crippen LogP) is 1.31. The van der Waals surface area contributed by atoms with E-state index in [9.17, 15) is 4.79 Å². The fourth-order valence-electron chi connectivity index (χ4n) is 0.567. The molecule has 0 unspecified atom stereocenters. The van der Waals surface area contributed by atoms with Crippen LogP contribution in [0.1, 0.15) is 0 Å². The van der Waals surface area contributed by atoms with E-state index in [0.717, 1.165) is 0 Å². The van der Waals surface area contributed by atoms with Gasteiger partial charge in [-0.25, -0.2) is 4.98 Å². The highest BCUT2D eigenvalue weighted by molar-refractivity contribution is 6.30. The van der Waals surface area contributed by atoms with Crippen molar-refractivity contribution >= 4 is 17.9 Å². The number of hydrogen-bond donors (Lipinski definition) is 0. The quantitative estimate of drug-likeness (QED) is 0.644. The Bertz CT molecular complexity index is 235. The maximum atomic E-state index is 9.87. The molecule has 0 saturated carbocycles. The van der Waals surface area contributed by atoms with Gasteiger partial charge in [0.25, 0.3) is 0 Å². The Morgan fingerprint density at radius 1 is 1.64 bits per heavy atom. The van der Waals surface area contributed by atoms with Crippen LogP contribution in [0.3, 0.4) is 0 Å². The number of rotatable bonds is 3. The second-order valence-corrected chi connectivity index (χ2v) is 2.23. The first-order valence-electron chi connectivity index (χ1n) is 3.01. The van der Waals surface area contributed by atoms with Gasteiger partial charge in [-0.15, -0.1) is 0 Å². The lowest BCUT2D eigenvalue weighted by Crippen LogP contribution is -1.98. The van der Waals surface area contributed by atoms with Gasteiger partial charge in [-0.3, -0.25) is 4.79 Å². The fourth-order valence-corrected chi connectivity index (χ4v) is 0.679. The van der Waals surface area contributed by atoms with E-state index in [1.165, 1.54) is 6.20 Å². The SMILES string of the molecule is O=CCOc1ccc(Cl)cn1. The number of hydrogen-bond acceptors (Lipinski definition) is 3. The number of nitrogens with zero attached hydrogens (tertiary/aromatic N) is 1. The van der Waals surface area contributed by atoms with Gasteiger partial charge >= 0.3 is 0 Å². The summed E-state index contributed by atoms with van der Waals surface area (Å²) < 4.78 is 4.87. The Morgan fingerprint density at radius 2 is 2.45 bits per heavy atom. The minimum Gasteiger partial charge on any atom is -0.470 e. The first-order valence-corrected chi connectivity index (χ1v) is 3.38. The predicted molar refractivity (Wildman–Crippen MR) is 40.8 cm³/mol. The third kappa shape index (κ3) is 2.55. The van der Waals surface area contributed by atoms with E-state index >= 15 is 0 Å². The van der Waals surface area contributed by atoms with Crippen LogP contribution in [-0.2, 0) is 4.79 Å². The average Bonchev–Trinajstić information content (AvgIpc) is 2.04. The van der Waals surface area contributed by atoms with Gasteiger partial charge in [0.1, 0.15) is 6.61 Å². The Kier molecular flexibility index (Phi) is 2.86. The van der Waals surface area contributed by atoms with Gasteiger partial charge in [0.05, 0.1) is 5.02 Å². The Hall–Kier alpha value is -1.09. The lowest BCUT2D eigenvalue weighted by atomic mass is 10.5. The summed E-state index contributed by atoms with van der Waals surface area (Å²) in [5.41, 5.74) is 0. The van der Waals surface area contributed by atoms with Crippen molar-refractivity contribution in [3.05, 3.63) is 23.4 Å². The second kappa shape index (κ2) is 3.93. The summed E-state index contributed by atoms with van der Waals surface area (Å²) in [5, 5.41) is 0.545. The van der Waals surface area contributed by atoms with Crippen molar-refractivity contribution in [3.8, 4) is 5.88 Å². The smallest absolute Gasteiger partial charge is 0.213 e. The molecule has 0 aliphatic heterocycles. The van der Waals surface area contributed by atoms with Crippen molar-refractivity contribution in [2.75, 3.05) is 6.61 Å². The van der Waals surface area contributed by atoms with E-state index in [1.807, 2.05) is 0 Å². The number of carbonyl (C=O) groups is 1. The normalized spacial score (nSPS) is 9.18. The highest BCUT2D eigenvalue weighted by Gasteiger charge is 1.92. The molecule has 0 aliphatic carbocycles. The summed E-state index contributed by atoms with van der Waals surface area (Å²) in [6.07, 6.45) is 2.12. The molecule has 0 aliphatic rings. The lowest BCUT2D eigenvalue weighted by molar-refractivity contribution is -0.109. The van der Waals surface area contributed by atoms with Crippen molar-refractivity contribution in [2.45, 2.75) is 0 Å². The number of pyridine rings is 1. The van der Waals surface area contributed by atoms with Crippen molar-refractivity contribution in [2.24, 2.45) is 0 Å². The third-order valence-corrected chi connectivity index (χ3v) is 1.22. The van der Waals surface area contributed by atoms with Crippen LogP contribution in [-0.4, -0.2) is 17.9 Å². The minimum absolute atomic E-state index is 0.0225. The zero-order chi connectivity index (χ0) is 8.10. The zero-order valence-electron chi connectivity index (χ0n) is 5.66. The number of aromatic nitrogens is 1. The number of ether oxygens (including phenoxy) is 1. The van der Waals surface area contributed by atoms with E-state index in [-0.39, 0.29) is 6.61 Å². The molecule has 1 aromatic heterocycles. The maximum absolute atomic E-state index is 9.87. The monoisotopic (exact) mass is 171 g/mol. The largest absolute Gasteiger partial charge is 0.470 e.